The van der Waals surface area contributed by atoms with Gasteiger partial charge in [0.1, 0.15) is 5.82 Å². The number of hydrogen-bond acceptors (Lipinski definition) is 7. The molecule has 0 unspecified atom stereocenters. The maximum atomic E-state index is 13.9. The van der Waals surface area contributed by atoms with E-state index in [9.17, 15) is 4.79 Å². The third-order valence-corrected chi connectivity index (χ3v) is 8.61. The molecule has 0 radical (unpaired) electrons. The lowest BCUT2D eigenvalue weighted by molar-refractivity contribution is 0.0997. The van der Waals surface area contributed by atoms with Gasteiger partial charge in [-0.3, -0.25) is 14.7 Å². The highest BCUT2D eigenvalue weighted by atomic mass is 16.2. The van der Waals surface area contributed by atoms with Crippen molar-refractivity contribution in [2.75, 3.05) is 42.2 Å². The van der Waals surface area contributed by atoms with Crippen LogP contribution in [0.1, 0.15) is 65.9 Å². The Kier molecular flexibility index (Phi) is 11.8. The van der Waals surface area contributed by atoms with Gasteiger partial charge in [0.05, 0.1) is 12.1 Å². The van der Waals surface area contributed by atoms with Gasteiger partial charge in [0.15, 0.2) is 0 Å². The number of hydrogen-bond donors (Lipinski definition) is 3. The summed E-state index contributed by atoms with van der Waals surface area (Å²) in [4.78, 5) is 27.0. The second kappa shape index (κ2) is 15.9. The van der Waals surface area contributed by atoms with Gasteiger partial charge in [-0.05, 0) is 76.3 Å². The highest BCUT2D eigenvalue weighted by Gasteiger charge is 2.35. The zero-order chi connectivity index (χ0) is 34.0. The van der Waals surface area contributed by atoms with Crippen molar-refractivity contribution in [3.63, 3.8) is 0 Å². The topological polar surface area (TPSA) is 99.4 Å². The zero-order valence-corrected chi connectivity index (χ0v) is 28.3. The monoisotopic (exact) mass is 629 g/mol. The minimum absolute atomic E-state index is 0.00441. The molecule has 8 heteroatoms. The van der Waals surface area contributed by atoms with Gasteiger partial charge in [-0.2, -0.15) is 0 Å². The minimum atomic E-state index is 0.00441. The number of fused-ring (bicyclic) bond motifs is 2. The molecule has 2 aromatic carbocycles. The number of aromatic nitrogens is 2. The Morgan fingerprint density at radius 3 is 2.53 bits per heavy atom. The average molecular weight is 630 g/mol. The number of nitrogens with two attached hydrogens (primary N) is 1. The Morgan fingerprint density at radius 2 is 1.81 bits per heavy atom. The van der Waals surface area contributed by atoms with Crippen LogP contribution in [-0.2, 0) is 24.9 Å². The van der Waals surface area contributed by atoms with E-state index in [4.69, 9.17) is 5.73 Å². The van der Waals surface area contributed by atoms with Crippen molar-refractivity contribution in [1.29, 1.82) is 0 Å². The molecule has 0 atom stereocenters. The molecule has 4 heterocycles. The lowest BCUT2D eigenvalue weighted by Crippen LogP contribution is -2.43. The predicted molar refractivity (Wildman–Crippen MR) is 195 cm³/mol. The molecule has 6 rings (SSSR count). The molecular formula is C39H47N7O. The summed E-state index contributed by atoms with van der Waals surface area (Å²) in [6.45, 7) is 12.4. The maximum Gasteiger partial charge on any atom is 0.261 e. The number of nitrogens with one attached hydrogen (secondary N) is 2. The van der Waals surface area contributed by atoms with E-state index in [2.05, 4.69) is 76.5 Å². The van der Waals surface area contributed by atoms with E-state index in [0.29, 0.717) is 13.1 Å². The van der Waals surface area contributed by atoms with Crippen LogP contribution in [-0.4, -0.2) is 47.5 Å². The van der Waals surface area contributed by atoms with E-state index in [1.807, 2.05) is 68.4 Å². The van der Waals surface area contributed by atoms with E-state index >= 15 is 0 Å². The number of benzene rings is 2. The molecule has 2 aliphatic rings. The Morgan fingerprint density at radius 1 is 1.02 bits per heavy atom. The van der Waals surface area contributed by atoms with E-state index in [0.717, 1.165) is 65.5 Å². The highest BCUT2D eigenvalue weighted by molar-refractivity contribution is 6.13. The van der Waals surface area contributed by atoms with Gasteiger partial charge in [-0.25, -0.2) is 4.98 Å². The molecule has 0 saturated carbocycles. The van der Waals surface area contributed by atoms with Crippen molar-refractivity contribution in [3.05, 3.63) is 119 Å². The number of nitrogens with zero attached hydrogens (tertiary/aromatic N) is 4. The molecule has 4 aromatic rings. The largest absolute Gasteiger partial charge is 0.404 e. The first kappa shape index (κ1) is 34.7. The molecule has 2 aromatic heterocycles. The molecule has 47 heavy (non-hydrogen) atoms. The first-order valence-corrected chi connectivity index (χ1v) is 16.2. The van der Waals surface area contributed by atoms with Crippen LogP contribution < -0.4 is 21.3 Å². The number of anilines is 3. The van der Waals surface area contributed by atoms with E-state index in [-0.39, 0.29) is 11.3 Å². The fourth-order valence-corrected chi connectivity index (χ4v) is 6.50. The van der Waals surface area contributed by atoms with Crippen molar-refractivity contribution >= 4 is 28.7 Å². The van der Waals surface area contributed by atoms with Gasteiger partial charge < -0.3 is 21.3 Å². The fraction of sp³-hybridized carbons (Fsp3) is 0.308. The molecule has 0 saturated heterocycles. The second-order valence-corrected chi connectivity index (χ2v) is 12.0. The van der Waals surface area contributed by atoms with Crippen molar-refractivity contribution in [2.24, 2.45) is 5.73 Å². The first-order chi connectivity index (χ1) is 22.9. The summed E-state index contributed by atoms with van der Waals surface area (Å²) >= 11 is 0. The number of amides is 1. The van der Waals surface area contributed by atoms with Crippen LogP contribution in [0.2, 0.25) is 0 Å². The number of pyridine rings is 2. The molecule has 0 bridgehead atoms. The number of carbonyl (C=O) groups is 1. The quantitative estimate of drug-likeness (QED) is 0.177. The highest BCUT2D eigenvalue weighted by Crippen LogP contribution is 2.38. The van der Waals surface area contributed by atoms with E-state index < -0.39 is 0 Å². The molecule has 4 N–H and O–H groups in total. The summed E-state index contributed by atoms with van der Waals surface area (Å²) in [6, 6.07) is 20.6. The minimum Gasteiger partial charge on any atom is -0.404 e. The standard InChI is InChI=1S/C35H39N7O.C2H6.C2H2/c1-35(2)23-41(16-13-24-8-6-15-39-33(24)37-3)21-27-17-29(11-12-30(27)35)42-22-26-7-4-10-31(32(26)34(42)43)40-20-28(18-36)25-9-5-14-38-19-25;2*1-2/h4-12,14-15,17-19,40H,13,16,20-23,36H2,1-3H3,(H,37,39);1-2H3;1-2H/b28-18-;;. The van der Waals surface area contributed by atoms with E-state index in [1.165, 1.54) is 16.7 Å². The summed E-state index contributed by atoms with van der Waals surface area (Å²) in [5.74, 6) is 0.954. The second-order valence-electron chi connectivity index (χ2n) is 12.0. The fourth-order valence-electron chi connectivity index (χ4n) is 6.50. The molecule has 0 fully saturated rings. The van der Waals surface area contributed by atoms with Gasteiger partial charge in [0.2, 0.25) is 0 Å². The number of rotatable bonds is 9. The molecule has 0 aliphatic carbocycles. The van der Waals surface area contributed by atoms with Crippen LogP contribution in [0.25, 0.3) is 5.57 Å². The van der Waals surface area contributed by atoms with Crippen LogP contribution in [0.3, 0.4) is 0 Å². The molecule has 0 spiro atoms. The predicted octanol–water partition coefficient (Wildman–Crippen LogP) is 6.70. The van der Waals surface area contributed by atoms with Crippen LogP contribution >= 0.6 is 0 Å². The van der Waals surface area contributed by atoms with Crippen molar-refractivity contribution in [1.82, 2.24) is 14.9 Å². The summed E-state index contributed by atoms with van der Waals surface area (Å²) in [5, 5.41) is 6.67. The normalized spacial score (nSPS) is 14.9. The molecular weight excluding hydrogens is 582 g/mol. The third-order valence-electron chi connectivity index (χ3n) is 8.61. The lowest BCUT2D eigenvalue weighted by atomic mass is 9.78. The van der Waals surface area contributed by atoms with Crippen molar-refractivity contribution in [3.8, 4) is 12.8 Å². The van der Waals surface area contributed by atoms with Gasteiger partial charge in [0.25, 0.3) is 5.91 Å². The molecule has 244 valence electrons. The van der Waals surface area contributed by atoms with Crippen LogP contribution in [0.5, 0.6) is 0 Å². The maximum absolute atomic E-state index is 13.9. The molecule has 1 amide bonds. The van der Waals surface area contributed by atoms with E-state index in [1.54, 1.807) is 18.6 Å². The Bertz CT molecular complexity index is 1710. The van der Waals surface area contributed by atoms with Crippen LogP contribution in [0.4, 0.5) is 17.2 Å². The van der Waals surface area contributed by atoms with Gasteiger partial charge in [-0.15, -0.1) is 12.8 Å². The smallest absolute Gasteiger partial charge is 0.261 e. The summed E-state index contributed by atoms with van der Waals surface area (Å²) in [5.41, 5.74) is 15.2. The SMILES string of the molecule is C#C.CC.CNc1ncccc1CCN1Cc2cc(N3Cc4cccc(NC/C(=C/N)c5cccnc5)c4C3=O)ccc2C(C)(C)C1. The van der Waals surface area contributed by atoms with Gasteiger partial charge in [0, 0.05) is 68.6 Å². The van der Waals surface area contributed by atoms with Crippen molar-refractivity contribution in [2.45, 2.75) is 52.6 Å². The summed E-state index contributed by atoms with van der Waals surface area (Å²) in [7, 11) is 1.92. The first-order valence-electron chi connectivity index (χ1n) is 16.2. The van der Waals surface area contributed by atoms with Crippen LogP contribution in [0.15, 0.2) is 85.5 Å². The number of terminal acetylenes is 1. The zero-order valence-electron chi connectivity index (χ0n) is 28.3. The van der Waals surface area contributed by atoms with Gasteiger partial charge >= 0.3 is 0 Å². The molecule has 2 aliphatic heterocycles. The third kappa shape index (κ3) is 7.65. The van der Waals surface area contributed by atoms with Gasteiger partial charge in [-0.1, -0.05) is 58.0 Å². The number of carbonyl (C=O) groups excluding carboxylic acids is 1. The Balaban J connectivity index is 0.00000120. The molecule has 8 nitrogen and oxygen atoms in total. The Labute approximate surface area is 280 Å². The van der Waals surface area contributed by atoms with Crippen molar-refractivity contribution < 1.29 is 4.79 Å². The average Bonchev–Trinajstić information content (AvgIpc) is 3.46. The Hall–Kier alpha value is -5.13. The summed E-state index contributed by atoms with van der Waals surface area (Å²) in [6.07, 6.45) is 15.9. The summed E-state index contributed by atoms with van der Waals surface area (Å²) < 4.78 is 0. The van der Waals surface area contributed by atoms with Crippen LogP contribution in [0, 0.1) is 12.8 Å². The lowest BCUT2D eigenvalue weighted by Gasteiger charge is -2.40.